The molecule has 108 valence electrons. The number of ketones is 1. The summed E-state index contributed by atoms with van der Waals surface area (Å²) in [5, 5.41) is 2.20. The van der Waals surface area contributed by atoms with Crippen LogP contribution in [0.4, 0.5) is 0 Å². The van der Waals surface area contributed by atoms with Gasteiger partial charge in [0.25, 0.3) is 0 Å². The number of fused-ring (bicyclic) bond motifs is 5. The highest BCUT2D eigenvalue weighted by Gasteiger charge is 2.31. The second kappa shape index (κ2) is 4.44. The summed E-state index contributed by atoms with van der Waals surface area (Å²) in [4.78, 5) is 13.0. The third-order valence-corrected chi connectivity index (χ3v) is 4.76. The average Bonchev–Trinajstić information content (AvgIpc) is 2.85. The number of benzene rings is 3. The van der Waals surface area contributed by atoms with E-state index in [1.807, 2.05) is 36.4 Å². The second-order valence-corrected chi connectivity index (χ2v) is 5.79. The minimum absolute atomic E-state index is 0.100. The lowest BCUT2D eigenvalue weighted by Crippen LogP contribution is -1.99. The van der Waals surface area contributed by atoms with E-state index in [0.29, 0.717) is 0 Å². The highest BCUT2D eigenvalue weighted by atomic mass is 16.5. The number of rotatable bonds is 1. The van der Waals surface area contributed by atoms with Gasteiger partial charge in [0.15, 0.2) is 5.78 Å². The zero-order valence-corrected chi connectivity index (χ0v) is 12.9. The number of hydrogen-bond acceptors (Lipinski definition) is 2. The number of hydrogen-bond donors (Lipinski definition) is 0. The van der Waals surface area contributed by atoms with Crippen LogP contribution in [0.15, 0.2) is 42.5 Å². The first-order valence-corrected chi connectivity index (χ1v) is 7.38. The first-order chi connectivity index (χ1) is 10.6. The van der Waals surface area contributed by atoms with Crippen LogP contribution < -0.4 is 4.74 Å². The van der Waals surface area contributed by atoms with Gasteiger partial charge in [0.2, 0.25) is 0 Å². The Morgan fingerprint density at radius 2 is 1.55 bits per heavy atom. The molecule has 0 N–H and O–H groups in total. The fourth-order valence-corrected chi connectivity index (χ4v) is 3.50. The van der Waals surface area contributed by atoms with Gasteiger partial charge >= 0.3 is 0 Å². The van der Waals surface area contributed by atoms with Crippen LogP contribution in [0.25, 0.3) is 21.9 Å². The molecule has 0 fully saturated rings. The zero-order chi connectivity index (χ0) is 15.4. The maximum Gasteiger partial charge on any atom is 0.195 e. The van der Waals surface area contributed by atoms with Crippen LogP contribution in [0.2, 0.25) is 0 Å². The lowest BCUT2D eigenvalue weighted by Gasteiger charge is -2.13. The van der Waals surface area contributed by atoms with Gasteiger partial charge in [-0.05, 0) is 65.1 Å². The van der Waals surface area contributed by atoms with Crippen molar-refractivity contribution in [3.05, 3.63) is 64.7 Å². The average molecular weight is 288 g/mol. The van der Waals surface area contributed by atoms with Crippen molar-refractivity contribution in [3.8, 4) is 16.9 Å². The minimum Gasteiger partial charge on any atom is -0.497 e. The number of aryl methyl sites for hydroxylation is 1. The van der Waals surface area contributed by atoms with E-state index < -0.39 is 0 Å². The second-order valence-electron chi connectivity index (χ2n) is 5.79. The minimum atomic E-state index is 0.100. The van der Waals surface area contributed by atoms with Gasteiger partial charge in [-0.15, -0.1) is 0 Å². The van der Waals surface area contributed by atoms with Crippen molar-refractivity contribution >= 4 is 16.6 Å². The highest BCUT2D eigenvalue weighted by molar-refractivity contribution is 6.28. The molecular formula is C20H16O2. The van der Waals surface area contributed by atoms with Crippen molar-refractivity contribution < 1.29 is 9.53 Å². The number of carbonyl (C=O) groups is 1. The predicted octanol–water partition coefficient (Wildman–Crippen LogP) is 4.68. The van der Waals surface area contributed by atoms with E-state index in [1.54, 1.807) is 7.11 Å². The summed E-state index contributed by atoms with van der Waals surface area (Å²) in [7, 11) is 1.62. The van der Waals surface area contributed by atoms with Gasteiger partial charge < -0.3 is 4.74 Å². The standard InChI is InChI=1S/C20H16O2/c1-11-12(2)18-16-9-8-13(22-3)10-17(16)20(21)19(18)15-7-5-4-6-14(11)15/h4-10H,1-3H3. The summed E-state index contributed by atoms with van der Waals surface area (Å²) in [6.07, 6.45) is 0. The summed E-state index contributed by atoms with van der Waals surface area (Å²) in [6, 6.07) is 13.9. The first-order valence-electron chi connectivity index (χ1n) is 7.38. The third-order valence-electron chi connectivity index (χ3n) is 4.76. The molecule has 0 unspecified atom stereocenters. The lowest BCUT2D eigenvalue weighted by atomic mass is 9.90. The van der Waals surface area contributed by atoms with Crippen molar-refractivity contribution in [1.82, 2.24) is 0 Å². The smallest absolute Gasteiger partial charge is 0.195 e. The molecule has 0 bridgehead atoms. The maximum absolute atomic E-state index is 13.0. The summed E-state index contributed by atoms with van der Waals surface area (Å²) in [5.74, 6) is 0.821. The van der Waals surface area contributed by atoms with Gasteiger partial charge in [0, 0.05) is 11.1 Å². The predicted molar refractivity (Wildman–Crippen MR) is 88.8 cm³/mol. The summed E-state index contributed by atoms with van der Waals surface area (Å²) in [5.41, 5.74) is 6.11. The molecule has 3 aromatic rings. The molecule has 0 saturated carbocycles. The van der Waals surface area contributed by atoms with Gasteiger partial charge in [0.05, 0.1) is 7.11 Å². The van der Waals surface area contributed by atoms with E-state index in [2.05, 4.69) is 19.9 Å². The van der Waals surface area contributed by atoms with E-state index in [4.69, 9.17) is 4.74 Å². The highest BCUT2D eigenvalue weighted by Crippen LogP contribution is 2.45. The summed E-state index contributed by atoms with van der Waals surface area (Å²) < 4.78 is 5.28. The Morgan fingerprint density at radius 1 is 0.818 bits per heavy atom. The normalized spacial score (nSPS) is 12.4. The molecule has 0 amide bonds. The van der Waals surface area contributed by atoms with Crippen molar-refractivity contribution in [1.29, 1.82) is 0 Å². The largest absolute Gasteiger partial charge is 0.497 e. The van der Waals surface area contributed by atoms with Crippen molar-refractivity contribution in [2.75, 3.05) is 7.11 Å². The molecule has 0 spiro atoms. The van der Waals surface area contributed by atoms with E-state index >= 15 is 0 Å². The van der Waals surface area contributed by atoms with Gasteiger partial charge in [-0.3, -0.25) is 4.79 Å². The topological polar surface area (TPSA) is 26.3 Å². The molecule has 2 heteroatoms. The van der Waals surface area contributed by atoms with Gasteiger partial charge in [-0.2, -0.15) is 0 Å². The lowest BCUT2D eigenvalue weighted by molar-refractivity contribution is 0.104. The fraction of sp³-hybridized carbons (Fsp3) is 0.150. The Morgan fingerprint density at radius 3 is 2.27 bits per heavy atom. The molecule has 3 aromatic carbocycles. The monoisotopic (exact) mass is 288 g/mol. The molecule has 0 saturated heterocycles. The Balaban J connectivity index is 2.16. The molecule has 0 aliphatic heterocycles. The molecule has 4 rings (SSSR count). The maximum atomic E-state index is 13.0. The zero-order valence-electron chi connectivity index (χ0n) is 12.9. The van der Waals surface area contributed by atoms with Gasteiger partial charge in [-0.1, -0.05) is 24.3 Å². The molecule has 0 heterocycles. The van der Waals surface area contributed by atoms with Gasteiger partial charge in [0.1, 0.15) is 5.75 Å². The summed E-state index contributed by atoms with van der Waals surface area (Å²) in [6.45, 7) is 4.23. The molecule has 1 aliphatic carbocycles. The molecular weight excluding hydrogens is 272 g/mol. The Kier molecular flexibility index (Phi) is 2.64. The molecule has 2 nitrogen and oxygen atoms in total. The van der Waals surface area contributed by atoms with Crippen LogP contribution in [0.1, 0.15) is 27.0 Å². The van der Waals surface area contributed by atoms with E-state index in [-0.39, 0.29) is 5.78 Å². The quantitative estimate of drug-likeness (QED) is 0.508. The molecule has 1 aliphatic rings. The Hall–Kier alpha value is -2.61. The summed E-state index contributed by atoms with van der Waals surface area (Å²) >= 11 is 0. The molecule has 0 aromatic heterocycles. The van der Waals surface area contributed by atoms with Crippen LogP contribution in [0, 0.1) is 13.8 Å². The van der Waals surface area contributed by atoms with Crippen LogP contribution in [0.5, 0.6) is 5.75 Å². The Bertz CT molecular complexity index is 952. The number of carbonyl (C=O) groups excluding carboxylic acids is 1. The molecule has 22 heavy (non-hydrogen) atoms. The fourth-order valence-electron chi connectivity index (χ4n) is 3.50. The Labute approximate surface area is 129 Å². The van der Waals surface area contributed by atoms with Crippen molar-refractivity contribution in [3.63, 3.8) is 0 Å². The first kappa shape index (κ1) is 13.1. The van der Waals surface area contributed by atoms with Crippen LogP contribution in [0.3, 0.4) is 0 Å². The van der Waals surface area contributed by atoms with Gasteiger partial charge in [-0.25, -0.2) is 0 Å². The van der Waals surface area contributed by atoms with E-state index in [9.17, 15) is 4.79 Å². The SMILES string of the molecule is COc1ccc2c(c1)C(=O)c1c-2c(C)c(C)c2ccccc12. The van der Waals surface area contributed by atoms with Crippen LogP contribution in [-0.4, -0.2) is 12.9 Å². The van der Waals surface area contributed by atoms with Crippen molar-refractivity contribution in [2.24, 2.45) is 0 Å². The van der Waals surface area contributed by atoms with Crippen LogP contribution in [-0.2, 0) is 0 Å². The molecule has 0 atom stereocenters. The third kappa shape index (κ3) is 1.52. The van der Waals surface area contributed by atoms with E-state index in [0.717, 1.165) is 38.8 Å². The number of ether oxygens (including phenoxy) is 1. The number of methoxy groups -OCH3 is 1. The molecule has 0 radical (unpaired) electrons. The van der Waals surface area contributed by atoms with Crippen molar-refractivity contribution in [2.45, 2.75) is 13.8 Å². The van der Waals surface area contributed by atoms with Crippen LogP contribution >= 0.6 is 0 Å². The van der Waals surface area contributed by atoms with E-state index in [1.165, 1.54) is 11.1 Å².